The molecule has 0 saturated heterocycles. The van der Waals surface area contributed by atoms with Crippen LogP contribution in [0.1, 0.15) is 16.9 Å². The van der Waals surface area contributed by atoms with Gasteiger partial charge in [-0.3, -0.25) is 0 Å². The highest BCUT2D eigenvalue weighted by atomic mass is 32.1. The van der Waals surface area contributed by atoms with Gasteiger partial charge in [-0.15, -0.1) is 11.3 Å². The first kappa shape index (κ1) is 11.2. The van der Waals surface area contributed by atoms with Crippen molar-refractivity contribution in [2.75, 3.05) is 0 Å². The number of hydrogen-bond acceptors (Lipinski definition) is 3. The van der Waals surface area contributed by atoms with Crippen LogP contribution in [-0.4, -0.2) is 12.1 Å². The molecule has 0 fully saturated rings. The topological polar surface area (TPSA) is 26.3 Å². The van der Waals surface area contributed by atoms with Crippen LogP contribution < -0.4 is 0 Å². The van der Waals surface area contributed by atoms with Crippen molar-refractivity contribution in [2.45, 2.75) is 19.0 Å². The number of hydrogen-bond donors (Lipinski definition) is 0. The van der Waals surface area contributed by atoms with Crippen LogP contribution in [-0.2, 0) is 16.0 Å². The molecule has 0 aliphatic heterocycles. The Kier molecular flexibility index (Phi) is 2.75. The number of fused-ring (bicyclic) bond motifs is 1. The Morgan fingerprint density at radius 2 is 2.19 bits per heavy atom. The largest absolute Gasteiger partial charge is 0.491 e. The Morgan fingerprint density at radius 1 is 1.44 bits per heavy atom. The Hall–Kier alpha value is -1.30. The summed E-state index contributed by atoms with van der Waals surface area (Å²) in [7, 11) is 0. The van der Waals surface area contributed by atoms with E-state index in [0.29, 0.717) is 12.0 Å². The summed E-state index contributed by atoms with van der Waals surface area (Å²) in [5, 5.41) is 1.77. The molecule has 1 aromatic rings. The maximum absolute atomic E-state index is 12.0. The van der Waals surface area contributed by atoms with Crippen molar-refractivity contribution in [3.8, 4) is 0 Å². The third kappa shape index (κ3) is 2.11. The summed E-state index contributed by atoms with van der Waals surface area (Å²) in [6.45, 7) is 0. The SMILES string of the molecule is O=C(OC1=CCCc2sccc21)C(F)(F)F. The molecule has 0 radical (unpaired) electrons. The van der Waals surface area contributed by atoms with Crippen molar-refractivity contribution in [3.63, 3.8) is 0 Å². The minimum Gasteiger partial charge on any atom is -0.420 e. The second kappa shape index (κ2) is 3.93. The Labute approximate surface area is 93.3 Å². The van der Waals surface area contributed by atoms with E-state index in [0.717, 1.165) is 11.3 Å². The summed E-state index contributed by atoms with van der Waals surface area (Å²) < 4.78 is 40.4. The fourth-order valence-corrected chi connectivity index (χ4v) is 2.35. The zero-order chi connectivity index (χ0) is 11.8. The molecule has 0 bridgehead atoms. The van der Waals surface area contributed by atoms with E-state index in [-0.39, 0.29) is 5.76 Å². The van der Waals surface area contributed by atoms with Crippen molar-refractivity contribution in [2.24, 2.45) is 0 Å². The smallest absolute Gasteiger partial charge is 0.420 e. The minimum atomic E-state index is -4.95. The number of aryl methyl sites for hydroxylation is 1. The number of carbonyl (C=O) groups excluding carboxylic acids is 1. The van der Waals surface area contributed by atoms with E-state index in [1.807, 2.05) is 0 Å². The molecule has 1 aliphatic rings. The van der Waals surface area contributed by atoms with Gasteiger partial charge in [0.05, 0.1) is 0 Å². The number of allylic oxidation sites excluding steroid dienone is 1. The first-order chi connectivity index (χ1) is 7.48. The lowest BCUT2D eigenvalue weighted by molar-refractivity contribution is -0.192. The summed E-state index contributed by atoms with van der Waals surface area (Å²) in [6, 6.07) is 1.66. The number of thiophene rings is 1. The molecule has 0 saturated carbocycles. The quantitative estimate of drug-likeness (QED) is 0.714. The summed E-state index contributed by atoms with van der Waals surface area (Å²) in [5.41, 5.74) is 0.592. The number of carbonyl (C=O) groups is 1. The normalized spacial score (nSPS) is 15.3. The fourth-order valence-electron chi connectivity index (χ4n) is 1.45. The first-order valence-corrected chi connectivity index (χ1v) is 5.42. The summed E-state index contributed by atoms with van der Waals surface area (Å²) >= 11 is 1.45. The molecule has 86 valence electrons. The molecule has 1 aromatic heterocycles. The third-order valence-corrected chi connectivity index (χ3v) is 3.13. The lowest BCUT2D eigenvalue weighted by Crippen LogP contribution is -2.25. The van der Waals surface area contributed by atoms with Gasteiger partial charge in [0.2, 0.25) is 0 Å². The summed E-state index contributed by atoms with van der Waals surface area (Å²) in [5.74, 6) is -2.15. The van der Waals surface area contributed by atoms with Gasteiger partial charge in [-0.2, -0.15) is 13.2 Å². The van der Waals surface area contributed by atoms with E-state index in [4.69, 9.17) is 0 Å². The van der Waals surface area contributed by atoms with Gasteiger partial charge in [-0.05, 0) is 30.4 Å². The Bertz CT molecular complexity index is 445. The molecule has 2 rings (SSSR count). The van der Waals surface area contributed by atoms with Crippen molar-refractivity contribution in [3.05, 3.63) is 28.0 Å². The highest BCUT2D eigenvalue weighted by Crippen LogP contribution is 2.32. The molecule has 1 aliphatic carbocycles. The van der Waals surface area contributed by atoms with Gasteiger partial charge < -0.3 is 4.74 Å². The van der Waals surface area contributed by atoms with Crippen LogP contribution in [0.2, 0.25) is 0 Å². The van der Waals surface area contributed by atoms with Gasteiger partial charge in [0.1, 0.15) is 5.76 Å². The van der Waals surface area contributed by atoms with Gasteiger partial charge in [-0.25, -0.2) is 4.79 Å². The molecule has 1 heterocycles. The van der Waals surface area contributed by atoms with Crippen LogP contribution in [0.5, 0.6) is 0 Å². The molecule has 0 N–H and O–H groups in total. The van der Waals surface area contributed by atoms with Crippen molar-refractivity contribution < 1.29 is 22.7 Å². The molecule has 16 heavy (non-hydrogen) atoms. The van der Waals surface area contributed by atoms with Crippen LogP contribution in [0.4, 0.5) is 13.2 Å². The number of ether oxygens (including phenoxy) is 1. The average Bonchev–Trinajstić information content (AvgIpc) is 2.65. The van der Waals surface area contributed by atoms with E-state index in [2.05, 4.69) is 4.74 Å². The lowest BCUT2D eigenvalue weighted by atomic mass is 10.1. The molecule has 0 amide bonds. The summed E-state index contributed by atoms with van der Waals surface area (Å²) in [6.07, 6.45) is -2.07. The molecule has 0 atom stereocenters. The lowest BCUT2D eigenvalue weighted by Gasteiger charge is -2.14. The Morgan fingerprint density at radius 3 is 2.88 bits per heavy atom. The number of esters is 1. The molecule has 0 aromatic carbocycles. The molecular formula is C10H7F3O2S. The molecule has 2 nitrogen and oxygen atoms in total. The predicted octanol–water partition coefficient (Wildman–Crippen LogP) is 3.14. The standard InChI is InChI=1S/C10H7F3O2S/c11-10(12,13)9(14)15-7-2-1-3-8-6(7)4-5-16-8/h2,4-5H,1,3H2. The number of halogens is 3. The second-order valence-electron chi connectivity index (χ2n) is 3.25. The number of alkyl halides is 3. The van der Waals surface area contributed by atoms with Gasteiger partial charge in [0, 0.05) is 10.4 Å². The molecule has 0 unspecified atom stereocenters. The van der Waals surface area contributed by atoms with E-state index in [9.17, 15) is 18.0 Å². The van der Waals surface area contributed by atoms with Gasteiger partial charge in [0.25, 0.3) is 0 Å². The molecule has 0 spiro atoms. The first-order valence-electron chi connectivity index (χ1n) is 4.54. The van der Waals surface area contributed by atoms with Crippen LogP contribution in [0.25, 0.3) is 5.76 Å². The van der Waals surface area contributed by atoms with E-state index in [1.54, 1.807) is 11.4 Å². The predicted molar refractivity (Wildman–Crippen MR) is 52.8 cm³/mol. The van der Waals surface area contributed by atoms with E-state index in [1.165, 1.54) is 17.4 Å². The zero-order valence-electron chi connectivity index (χ0n) is 8.00. The van der Waals surface area contributed by atoms with E-state index >= 15 is 0 Å². The average molecular weight is 248 g/mol. The summed E-state index contributed by atoms with van der Waals surface area (Å²) in [4.78, 5) is 11.6. The zero-order valence-corrected chi connectivity index (χ0v) is 8.82. The Balaban J connectivity index is 2.18. The highest BCUT2D eigenvalue weighted by molar-refractivity contribution is 7.10. The van der Waals surface area contributed by atoms with Crippen molar-refractivity contribution in [1.29, 1.82) is 0 Å². The fraction of sp³-hybridized carbons (Fsp3) is 0.300. The molecular weight excluding hydrogens is 241 g/mol. The van der Waals surface area contributed by atoms with Gasteiger partial charge in [0.15, 0.2) is 0 Å². The van der Waals surface area contributed by atoms with Gasteiger partial charge in [-0.1, -0.05) is 0 Å². The van der Waals surface area contributed by atoms with Crippen LogP contribution in [0, 0.1) is 0 Å². The maximum Gasteiger partial charge on any atom is 0.491 e. The van der Waals surface area contributed by atoms with Gasteiger partial charge >= 0.3 is 12.1 Å². The van der Waals surface area contributed by atoms with Crippen molar-refractivity contribution in [1.82, 2.24) is 0 Å². The van der Waals surface area contributed by atoms with Crippen molar-refractivity contribution >= 4 is 23.1 Å². The van der Waals surface area contributed by atoms with Crippen LogP contribution in [0.3, 0.4) is 0 Å². The van der Waals surface area contributed by atoms with Crippen LogP contribution >= 0.6 is 11.3 Å². The second-order valence-corrected chi connectivity index (χ2v) is 4.25. The number of rotatable bonds is 1. The monoisotopic (exact) mass is 248 g/mol. The maximum atomic E-state index is 12.0. The molecule has 6 heteroatoms. The van der Waals surface area contributed by atoms with E-state index < -0.39 is 12.1 Å². The third-order valence-electron chi connectivity index (χ3n) is 2.15. The minimum absolute atomic E-state index is 0.0184. The van der Waals surface area contributed by atoms with Crippen LogP contribution in [0.15, 0.2) is 17.5 Å². The highest BCUT2D eigenvalue weighted by Gasteiger charge is 2.42.